The van der Waals surface area contributed by atoms with Gasteiger partial charge in [-0.2, -0.15) is 0 Å². The molecule has 0 amide bonds. The smallest absolute Gasteiger partial charge is 0.345 e. The predicted molar refractivity (Wildman–Crippen MR) is 117 cm³/mol. The van der Waals surface area contributed by atoms with Crippen molar-refractivity contribution in [2.24, 2.45) is 0 Å². The van der Waals surface area contributed by atoms with Gasteiger partial charge in [0.05, 0.1) is 46.5 Å². The largest absolute Gasteiger partial charge is 0.462 e. The van der Waals surface area contributed by atoms with E-state index in [1.54, 1.807) is 6.92 Å². The van der Waals surface area contributed by atoms with E-state index < -0.39 is 17.2 Å². The molecule has 1 aromatic carbocycles. The zero-order chi connectivity index (χ0) is 22.3. The SMILES string of the molecule is CCOC(=O)c1c(C)oc2c(SCCO)c(SCCO)c(F)c(SCCO)c2c1=O. The first-order valence-electron chi connectivity index (χ1n) is 9.13. The summed E-state index contributed by atoms with van der Waals surface area (Å²) in [6, 6.07) is 0. The lowest BCUT2D eigenvalue weighted by atomic mass is 10.1. The van der Waals surface area contributed by atoms with Crippen LogP contribution in [0.5, 0.6) is 0 Å². The van der Waals surface area contributed by atoms with E-state index in [0.717, 1.165) is 35.3 Å². The van der Waals surface area contributed by atoms with Crippen LogP contribution >= 0.6 is 35.3 Å². The molecule has 3 N–H and O–H groups in total. The number of esters is 1. The molecule has 0 aliphatic heterocycles. The Bertz CT molecular complexity index is 962. The van der Waals surface area contributed by atoms with Gasteiger partial charge in [0.2, 0.25) is 5.43 Å². The van der Waals surface area contributed by atoms with Crippen molar-refractivity contribution in [1.29, 1.82) is 0 Å². The van der Waals surface area contributed by atoms with Crippen molar-refractivity contribution >= 4 is 52.2 Å². The van der Waals surface area contributed by atoms with E-state index in [1.807, 2.05) is 0 Å². The van der Waals surface area contributed by atoms with E-state index in [1.165, 1.54) is 6.92 Å². The van der Waals surface area contributed by atoms with E-state index in [0.29, 0.717) is 4.90 Å². The quantitative estimate of drug-likeness (QED) is 0.329. The lowest BCUT2D eigenvalue weighted by Gasteiger charge is -2.17. The van der Waals surface area contributed by atoms with Crippen LogP contribution in [0.2, 0.25) is 0 Å². The van der Waals surface area contributed by atoms with Crippen molar-refractivity contribution in [2.45, 2.75) is 28.5 Å². The lowest BCUT2D eigenvalue weighted by molar-refractivity contribution is 0.0521. The Kier molecular flexibility index (Phi) is 9.98. The highest BCUT2D eigenvalue weighted by molar-refractivity contribution is 8.02. The first-order chi connectivity index (χ1) is 14.4. The molecule has 0 radical (unpaired) electrons. The highest BCUT2D eigenvalue weighted by atomic mass is 32.2. The first-order valence-corrected chi connectivity index (χ1v) is 12.1. The van der Waals surface area contributed by atoms with Gasteiger partial charge in [0, 0.05) is 17.3 Å². The summed E-state index contributed by atoms with van der Waals surface area (Å²) in [5, 5.41) is 27.5. The molecule has 0 fully saturated rings. The van der Waals surface area contributed by atoms with Gasteiger partial charge in [-0.3, -0.25) is 4.79 Å². The van der Waals surface area contributed by atoms with Crippen molar-refractivity contribution < 1.29 is 33.7 Å². The maximum Gasteiger partial charge on any atom is 0.345 e. The third kappa shape index (κ3) is 5.32. The van der Waals surface area contributed by atoms with E-state index in [-0.39, 0.29) is 75.8 Å². The number of benzene rings is 1. The fourth-order valence-corrected chi connectivity index (χ4v) is 5.51. The van der Waals surface area contributed by atoms with Gasteiger partial charge in [0.15, 0.2) is 11.4 Å². The topological polar surface area (TPSA) is 117 Å². The molecule has 0 spiro atoms. The number of aliphatic hydroxyl groups is 3. The zero-order valence-corrected chi connectivity index (χ0v) is 19.0. The molecule has 2 rings (SSSR count). The summed E-state index contributed by atoms with van der Waals surface area (Å²) < 4.78 is 26.3. The standard InChI is InChI=1S/C19H23FO7S3/c1-3-26-19(25)11-10(2)27-15-12(14(11)24)16(28-7-4-21)13(20)17(29-8-5-22)18(15)30-9-6-23/h21-23H,3-9H2,1-2H3. The zero-order valence-electron chi connectivity index (χ0n) is 16.5. The molecular weight excluding hydrogens is 455 g/mol. The number of carbonyl (C=O) groups excluding carboxylic acids is 1. The highest BCUT2D eigenvalue weighted by Crippen LogP contribution is 2.44. The van der Waals surface area contributed by atoms with Gasteiger partial charge in [-0.15, -0.1) is 35.3 Å². The Morgan fingerprint density at radius 3 is 2.07 bits per heavy atom. The lowest BCUT2D eigenvalue weighted by Crippen LogP contribution is -2.20. The molecule has 30 heavy (non-hydrogen) atoms. The number of fused-ring (bicyclic) bond motifs is 1. The number of hydrogen-bond donors (Lipinski definition) is 3. The molecule has 0 unspecified atom stereocenters. The summed E-state index contributed by atoms with van der Waals surface area (Å²) in [6.07, 6.45) is 0. The van der Waals surface area contributed by atoms with Crippen LogP contribution in [0, 0.1) is 12.7 Å². The minimum absolute atomic E-state index is 0.0351. The maximum absolute atomic E-state index is 15.5. The van der Waals surface area contributed by atoms with Crippen molar-refractivity contribution in [3.8, 4) is 0 Å². The molecule has 1 aromatic heterocycles. The molecule has 0 aliphatic rings. The van der Waals surface area contributed by atoms with Crippen LogP contribution < -0.4 is 5.43 Å². The molecule has 0 bridgehead atoms. The number of halogens is 1. The molecule has 0 atom stereocenters. The van der Waals surface area contributed by atoms with Crippen LogP contribution in [0.1, 0.15) is 23.0 Å². The second-order valence-corrected chi connectivity index (χ2v) is 9.12. The van der Waals surface area contributed by atoms with Gasteiger partial charge in [0.25, 0.3) is 0 Å². The van der Waals surface area contributed by atoms with Gasteiger partial charge in [0.1, 0.15) is 11.3 Å². The van der Waals surface area contributed by atoms with Gasteiger partial charge < -0.3 is 24.5 Å². The number of aliphatic hydroxyl groups excluding tert-OH is 3. The molecule has 11 heteroatoms. The Morgan fingerprint density at radius 1 is 1.00 bits per heavy atom. The maximum atomic E-state index is 15.5. The van der Waals surface area contributed by atoms with Crippen LogP contribution in [0.15, 0.2) is 23.9 Å². The van der Waals surface area contributed by atoms with Crippen LogP contribution in [0.3, 0.4) is 0 Å². The van der Waals surface area contributed by atoms with Gasteiger partial charge in [-0.1, -0.05) is 0 Å². The fraction of sp³-hybridized carbons (Fsp3) is 0.474. The van der Waals surface area contributed by atoms with Crippen molar-refractivity contribution in [3.05, 3.63) is 27.4 Å². The summed E-state index contributed by atoms with van der Waals surface area (Å²) in [5.74, 6) is -0.935. The third-order valence-corrected chi connectivity index (χ3v) is 7.13. The van der Waals surface area contributed by atoms with Crippen LogP contribution in [-0.4, -0.2) is 65.0 Å². The number of hydrogen-bond acceptors (Lipinski definition) is 10. The van der Waals surface area contributed by atoms with Crippen molar-refractivity contribution in [3.63, 3.8) is 0 Å². The molecule has 2 aromatic rings. The minimum atomic E-state index is -0.854. The summed E-state index contributed by atoms with van der Waals surface area (Å²) in [4.78, 5) is 26.0. The monoisotopic (exact) mass is 478 g/mol. The number of thioether (sulfide) groups is 3. The van der Waals surface area contributed by atoms with E-state index in [9.17, 15) is 24.9 Å². The summed E-state index contributed by atoms with van der Waals surface area (Å²) in [6.45, 7) is 2.52. The summed E-state index contributed by atoms with van der Waals surface area (Å²) >= 11 is 3.11. The van der Waals surface area contributed by atoms with Gasteiger partial charge >= 0.3 is 5.97 Å². The Balaban J connectivity index is 2.93. The molecule has 7 nitrogen and oxygen atoms in total. The van der Waals surface area contributed by atoms with Gasteiger partial charge in [-0.05, 0) is 13.8 Å². The molecule has 166 valence electrons. The average molecular weight is 479 g/mol. The van der Waals surface area contributed by atoms with Crippen molar-refractivity contribution in [1.82, 2.24) is 0 Å². The second-order valence-electron chi connectivity index (χ2n) is 5.80. The van der Waals surface area contributed by atoms with E-state index in [4.69, 9.17) is 9.15 Å². The van der Waals surface area contributed by atoms with Gasteiger partial charge in [-0.25, -0.2) is 9.18 Å². The second kappa shape index (κ2) is 12.0. The molecule has 0 saturated heterocycles. The summed E-state index contributed by atoms with van der Waals surface area (Å²) in [5.41, 5.74) is -0.911. The Morgan fingerprint density at radius 2 is 1.53 bits per heavy atom. The molecule has 0 aliphatic carbocycles. The molecule has 1 heterocycles. The normalized spacial score (nSPS) is 11.3. The fourth-order valence-electron chi connectivity index (χ4n) is 2.70. The van der Waals surface area contributed by atoms with Crippen LogP contribution in [0.25, 0.3) is 11.0 Å². The number of rotatable bonds is 11. The van der Waals surface area contributed by atoms with Crippen molar-refractivity contribution in [2.75, 3.05) is 43.7 Å². The Hall–Kier alpha value is -1.24. The molecular formula is C19H23FO7S3. The third-order valence-electron chi connectivity index (χ3n) is 3.82. The van der Waals surface area contributed by atoms with Crippen LogP contribution in [-0.2, 0) is 4.74 Å². The summed E-state index contributed by atoms with van der Waals surface area (Å²) in [7, 11) is 0. The van der Waals surface area contributed by atoms with Crippen LogP contribution in [0.4, 0.5) is 4.39 Å². The average Bonchev–Trinajstić information content (AvgIpc) is 2.71. The predicted octanol–water partition coefficient (Wildman–Crippen LogP) is 2.67. The highest BCUT2D eigenvalue weighted by Gasteiger charge is 2.28. The minimum Gasteiger partial charge on any atom is -0.462 e. The number of ether oxygens (including phenoxy) is 1. The molecule has 0 saturated carbocycles. The van der Waals surface area contributed by atoms with E-state index in [2.05, 4.69) is 0 Å². The Labute approximate surface area is 185 Å². The first kappa shape index (κ1) is 25.0. The number of carbonyl (C=O) groups is 1. The number of aryl methyl sites for hydroxylation is 1. The van der Waals surface area contributed by atoms with E-state index >= 15 is 4.39 Å².